The monoisotopic (exact) mass is 385 g/mol. The minimum absolute atomic E-state index is 0.0440. The van der Waals surface area contributed by atoms with Crippen molar-refractivity contribution < 1.29 is 32.7 Å². The van der Waals surface area contributed by atoms with Crippen LogP contribution in [0.2, 0.25) is 6.04 Å². The van der Waals surface area contributed by atoms with E-state index in [2.05, 4.69) is 0 Å². The number of carbonyl (C=O) groups is 2. The normalized spacial score (nSPS) is 12.6. The zero-order valence-electron chi connectivity index (χ0n) is 15.4. The predicted octanol–water partition coefficient (Wildman–Crippen LogP) is 2.26. The summed E-state index contributed by atoms with van der Waals surface area (Å²) in [6.07, 6.45) is -0.318. The minimum Gasteiger partial charge on any atom is -0.478 e. The van der Waals surface area contributed by atoms with Crippen LogP contribution in [-0.2, 0) is 18.0 Å². The number of hydrogen-bond acceptors (Lipinski definition) is 7. The lowest BCUT2D eigenvalue weighted by atomic mass is 10.1. The zero-order chi connectivity index (χ0) is 19.6. The lowest BCUT2D eigenvalue weighted by Crippen LogP contribution is -2.49. The summed E-state index contributed by atoms with van der Waals surface area (Å²) in [7, 11) is -3.06. The van der Waals surface area contributed by atoms with E-state index >= 15 is 0 Å². The number of aromatic carboxylic acids is 1. The first-order chi connectivity index (χ1) is 12.4. The molecule has 0 aromatic heterocycles. The van der Waals surface area contributed by atoms with Gasteiger partial charge in [0.2, 0.25) is 0 Å². The number of carboxylic acids is 1. The van der Waals surface area contributed by atoms with Crippen LogP contribution >= 0.6 is 0 Å². The number of rotatable bonds is 12. The Morgan fingerprint density at radius 2 is 1.73 bits per heavy atom. The molecule has 1 aromatic carbocycles. The van der Waals surface area contributed by atoms with Gasteiger partial charge < -0.3 is 28.9 Å². The molecule has 0 heterocycles. The van der Waals surface area contributed by atoms with Crippen molar-refractivity contribution in [3.63, 3.8) is 0 Å². The molecule has 0 saturated heterocycles. The van der Waals surface area contributed by atoms with Crippen molar-refractivity contribution in [3.05, 3.63) is 35.4 Å². The van der Waals surface area contributed by atoms with E-state index in [1.807, 2.05) is 13.8 Å². The summed E-state index contributed by atoms with van der Waals surface area (Å²) in [5.41, 5.74) is 5.40. The van der Waals surface area contributed by atoms with Crippen LogP contribution in [0.1, 0.15) is 47.9 Å². The summed E-state index contributed by atoms with van der Waals surface area (Å²) < 4.78 is 22.6. The maximum Gasteiger partial charge on any atom is 0.503 e. The van der Waals surface area contributed by atoms with Gasteiger partial charge in [-0.15, -0.1) is 0 Å². The van der Waals surface area contributed by atoms with Crippen molar-refractivity contribution in [2.75, 3.05) is 19.8 Å². The number of carbonyl (C=O) groups excluding carboxylic acids is 1. The summed E-state index contributed by atoms with van der Waals surface area (Å²) in [6.45, 7) is 6.43. The topological polar surface area (TPSA) is 117 Å². The first kappa shape index (κ1) is 22.3. The van der Waals surface area contributed by atoms with Gasteiger partial charge in [0.25, 0.3) is 0 Å². The van der Waals surface area contributed by atoms with E-state index in [1.54, 1.807) is 13.0 Å². The van der Waals surface area contributed by atoms with Gasteiger partial charge in [-0.05, 0) is 45.9 Å². The zero-order valence-corrected chi connectivity index (χ0v) is 16.4. The number of hydrogen-bond donors (Lipinski definition) is 2. The van der Waals surface area contributed by atoms with Gasteiger partial charge in [0.05, 0.1) is 11.1 Å². The second-order valence-electron chi connectivity index (χ2n) is 5.38. The Kier molecular flexibility index (Phi) is 9.45. The molecular formula is C17H27NO7Si. The Morgan fingerprint density at radius 1 is 1.15 bits per heavy atom. The van der Waals surface area contributed by atoms with Crippen LogP contribution in [-0.4, -0.2) is 51.9 Å². The number of ether oxygens (including phenoxy) is 1. The van der Waals surface area contributed by atoms with Crippen LogP contribution in [0.3, 0.4) is 0 Å². The molecule has 146 valence electrons. The van der Waals surface area contributed by atoms with Gasteiger partial charge in [0.15, 0.2) is 6.29 Å². The highest BCUT2D eigenvalue weighted by Gasteiger charge is 2.42. The van der Waals surface area contributed by atoms with E-state index in [1.165, 1.54) is 18.2 Å². The third kappa shape index (κ3) is 6.50. The Balaban J connectivity index is 2.88. The van der Waals surface area contributed by atoms with Crippen LogP contribution < -0.4 is 5.73 Å². The standard InChI is InChI=1S/C17H27NO7Si/c1-4-22-26(23-5-2,12-8-11-18)25-13(3)24-17(21)15-10-7-6-9-14(15)16(19)20/h6-7,9-10,13H,4-5,8,11-12,18H2,1-3H3,(H,19,20). The average molecular weight is 385 g/mol. The molecule has 0 fully saturated rings. The van der Waals surface area contributed by atoms with Crippen molar-refractivity contribution in [2.24, 2.45) is 5.73 Å². The lowest BCUT2D eigenvalue weighted by molar-refractivity contribution is -0.0792. The SMILES string of the molecule is CCO[Si](CCCN)(OCC)OC(C)OC(=O)c1ccccc1C(=O)O. The van der Waals surface area contributed by atoms with Crippen LogP contribution in [0.25, 0.3) is 0 Å². The molecule has 1 aromatic rings. The minimum atomic E-state index is -3.06. The molecule has 0 aliphatic rings. The summed E-state index contributed by atoms with van der Waals surface area (Å²) in [5.74, 6) is -1.99. The molecule has 26 heavy (non-hydrogen) atoms. The fraction of sp³-hybridized carbons (Fsp3) is 0.529. The van der Waals surface area contributed by atoms with Gasteiger partial charge in [-0.2, -0.15) is 0 Å². The molecule has 1 atom stereocenters. The second kappa shape index (κ2) is 11.0. The smallest absolute Gasteiger partial charge is 0.478 e. The Morgan fingerprint density at radius 3 is 2.23 bits per heavy atom. The van der Waals surface area contributed by atoms with Crippen molar-refractivity contribution in [1.29, 1.82) is 0 Å². The molecule has 1 rings (SSSR count). The lowest BCUT2D eigenvalue weighted by Gasteiger charge is -2.31. The molecule has 0 spiro atoms. The van der Waals surface area contributed by atoms with E-state index in [0.717, 1.165) is 0 Å². The van der Waals surface area contributed by atoms with E-state index in [-0.39, 0.29) is 11.1 Å². The molecule has 0 aliphatic carbocycles. The Bertz CT molecular complexity index is 590. The summed E-state index contributed by atoms with van der Waals surface area (Å²) >= 11 is 0. The van der Waals surface area contributed by atoms with Crippen LogP contribution in [0.5, 0.6) is 0 Å². The molecule has 0 radical (unpaired) electrons. The molecule has 0 amide bonds. The second-order valence-corrected chi connectivity index (χ2v) is 8.06. The quantitative estimate of drug-likeness (QED) is 0.320. The highest BCUT2D eigenvalue weighted by Crippen LogP contribution is 2.21. The fourth-order valence-corrected chi connectivity index (χ4v) is 5.11. The van der Waals surface area contributed by atoms with E-state index in [4.69, 9.17) is 23.7 Å². The van der Waals surface area contributed by atoms with Gasteiger partial charge in [0.1, 0.15) is 0 Å². The van der Waals surface area contributed by atoms with Crippen molar-refractivity contribution in [3.8, 4) is 0 Å². The van der Waals surface area contributed by atoms with Crippen LogP contribution in [0.15, 0.2) is 24.3 Å². The highest BCUT2D eigenvalue weighted by molar-refractivity contribution is 6.60. The highest BCUT2D eigenvalue weighted by atomic mass is 28.4. The number of esters is 1. The number of benzene rings is 1. The van der Waals surface area contributed by atoms with Crippen LogP contribution in [0, 0.1) is 0 Å². The summed E-state index contributed by atoms with van der Waals surface area (Å²) in [6, 6.07) is 6.33. The van der Waals surface area contributed by atoms with Gasteiger partial charge in [-0.1, -0.05) is 12.1 Å². The maximum absolute atomic E-state index is 12.3. The van der Waals surface area contributed by atoms with Crippen molar-refractivity contribution in [2.45, 2.75) is 39.5 Å². The molecule has 1 unspecified atom stereocenters. The first-order valence-corrected chi connectivity index (χ1v) is 10.5. The van der Waals surface area contributed by atoms with E-state index in [9.17, 15) is 14.7 Å². The molecule has 0 bridgehead atoms. The largest absolute Gasteiger partial charge is 0.503 e. The molecule has 3 N–H and O–H groups in total. The van der Waals surface area contributed by atoms with Gasteiger partial charge in [-0.25, -0.2) is 9.59 Å². The third-order valence-corrected chi connectivity index (χ3v) is 6.53. The summed E-state index contributed by atoms with van der Waals surface area (Å²) in [5, 5.41) is 9.19. The Hall–Kier alpha value is -1.78. The van der Waals surface area contributed by atoms with Crippen LogP contribution in [0.4, 0.5) is 0 Å². The average Bonchev–Trinajstić information content (AvgIpc) is 2.60. The third-order valence-electron chi connectivity index (χ3n) is 3.41. The first-order valence-electron chi connectivity index (χ1n) is 8.58. The number of nitrogens with two attached hydrogens (primary N) is 1. The fourth-order valence-electron chi connectivity index (χ4n) is 2.41. The predicted molar refractivity (Wildman–Crippen MR) is 96.8 cm³/mol. The van der Waals surface area contributed by atoms with Crippen molar-refractivity contribution >= 4 is 20.7 Å². The van der Waals surface area contributed by atoms with Gasteiger partial charge in [-0.3, -0.25) is 0 Å². The van der Waals surface area contributed by atoms with Gasteiger partial charge in [0, 0.05) is 19.3 Å². The molecule has 0 saturated carbocycles. The Labute approximate surface area is 154 Å². The van der Waals surface area contributed by atoms with Gasteiger partial charge >= 0.3 is 20.7 Å². The molecule has 0 aliphatic heterocycles. The maximum atomic E-state index is 12.3. The molecule has 8 nitrogen and oxygen atoms in total. The molecule has 9 heteroatoms. The van der Waals surface area contributed by atoms with E-state index in [0.29, 0.717) is 32.2 Å². The molecular weight excluding hydrogens is 358 g/mol. The van der Waals surface area contributed by atoms with Crippen molar-refractivity contribution in [1.82, 2.24) is 0 Å². The van der Waals surface area contributed by atoms with E-state index < -0.39 is 27.0 Å². The summed E-state index contributed by atoms with van der Waals surface area (Å²) in [4.78, 5) is 23.6. The number of carboxylic acid groups (broad SMARTS) is 1.